The molecule has 2 aromatic heterocycles. The highest BCUT2D eigenvalue weighted by atomic mass is 16.5. The van der Waals surface area contributed by atoms with Crippen molar-refractivity contribution in [3.05, 3.63) is 62.4 Å². The van der Waals surface area contributed by atoms with Crippen molar-refractivity contribution in [1.82, 2.24) is 19.4 Å². The fourth-order valence-corrected chi connectivity index (χ4v) is 4.63. The SMILES string of the molecule is COc1ccc(N2CCCN(C(=O)c3cc(C(C)C)nc4c3c(=O)[nH]c(=O)n4CC(C)C)CC2)cc1. The van der Waals surface area contributed by atoms with E-state index in [2.05, 4.69) is 14.9 Å². The van der Waals surface area contributed by atoms with Gasteiger partial charge in [0.05, 0.1) is 18.1 Å². The number of nitrogens with zero attached hydrogens (tertiary/aromatic N) is 4. The topological polar surface area (TPSA) is 101 Å². The lowest BCUT2D eigenvalue weighted by Crippen LogP contribution is -2.37. The van der Waals surface area contributed by atoms with Crippen molar-refractivity contribution in [2.75, 3.05) is 38.2 Å². The number of H-pyrrole nitrogens is 1. The molecule has 1 aliphatic rings. The van der Waals surface area contributed by atoms with E-state index in [1.54, 1.807) is 18.1 Å². The maximum atomic E-state index is 13.9. The number of nitrogens with one attached hydrogen (secondary N) is 1. The summed E-state index contributed by atoms with van der Waals surface area (Å²) in [7, 11) is 1.64. The maximum Gasteiger partial charge on any atom is 0.330 e. The predicted octanol–water partition coefficient (Wildman–Crippen LogP) is 3.23. The summed E-state index contributed by atoms with van der Waals surface area (Å²) < 4.78 is 6.74. The molecular formula is C27H35N5O4. The molecule has 1 N–H and O–H groups in total. The van der Waals surface area contributed by atoms with Crippen LogP contribution >= 0.6 is 0 Å². The van der Waals surface area contributed by atoms with Crippen molar-refractivity contribution in [3.8, 4) is 5.75 Å². The van der Waals surface area contributed by atoms with Crippen LogP contribution in [0.15, 0.2) is 39.9 Å². The van der Waals surface area contributed by atoms with Gasteiger partial charge in [-0.1, -0.05) is 27.7 Å². The summed E-state index contributed by atoms with van der Waals surface area (Å²) in [6, 6.07) is 9.64. The van der Waals surface area contributed by atoms with Crippen molar-refractivity contribution in [2.24, 2.45) is 5.92 Å². The fraction of sp³-hybridized carbons (Fsp3) is 0.481. The van der Waals surface area contributed by atoms with Gasteiger partial charge in [-0.3, -0.25) is 19.1 Å². The number of aromatic amines is 1. The van der Waals surface area contributed by atoms with Crippen LogP contribution < -0.4 is 20.9 Å². The number of fused-ring (bicyclic) bond motifs is 1. The molecule has 36 heavy (non-hydrogen) atoms. The van der Waals surface area contributed by atoms with Gasteiger partial charge in [-0.25, -0.2) is 9.78 Å². The molecule has 1 fully saturated rings. The minimum atomic E-state index is -0.573. The Hall–Kier alpha value is -3.62. The number of ether oxygens (including phenoxy) is 1. The first-order chi connectivity index (χ1) is 17.2. The summed E-state index contributed by atoms with van der Waals surface area (Å²) in [5.74, 6) is 0.783. The van der Waals surface area contributed by atoms with Crippen LogP contribution in [0.2, 0.25) is 0 Å². The van der Waals surface area contributed by atoms with E-state index in [4.69, 9.17) is 4.74 Å². The second-order valence-corrected chi connectivity index (χ2v) is 10.0. The number of benzene rings is 1. The second kappa shape index (κ2) is 10.6. The third kappa shape index (κ3) is 5.15. The molecule has 3 heterocycles. The number of carbonyl (C=O) groups excluding carboxylic acids is 1. The normalized spacial score (nSPS) is 14.5. The van der Waals surface area contributed by atoms with Gasteiger partial charge in [-0.15, -0.1) is 0 Å². The number of anilines is 1. The van der Waals surface area contributed by atoms with E-state index in [0.717, 1.165) is 24.4 Å². The molecule has 0 saturated carbocycles. The zero-order valence-corrected chi connectivity index (χ0v) is 21.7. The van der Waals surface area contributed by atoms with Gasteiger partial charge >= 0.3 is 5.69 Å². The number of amides is 1. The minimum Gasteiger partial charge on any atom is -0.497 e. The summed E-state index contributed by atoms with van der Waals surface area (Å²) >= 11 is 0. The zero-order valence-electron chi connectivity index (χ0n) is 21.7. The molecule has 0 unspecified atom stereocenters. The molecule has 0 atom stereocenters. The fourth-order valence-electron chi connectivity index (χ4n) is 4.63. The van der Waals surface area contributed by atoms with E-state index in [1.807, 2.05) is 52.0 Å². The van der Waals surface area contributed by atoms with Crippen LogP contribution in [0.5, 0.6) is 5.75 Å². The van der Waals surface area contributed by atoms with Crippen molar-refractivity contribution in [3.63, 3.8) is 0 Å². The summed E-state index contributed by atoms with van der Waals surface area (Å²) in [6.45, 7) is 10.9. The maximum absolute atomic E-state index is 13.9. The quantitative estimate of drug-likeness (QED) is 0.566. The Morgan fingerprint density at radius 1 is 1.06 bits per heavy atom. The molecule has 0 spiro atoms. The van der Waals surface area contributed by atoms with Crippen LogP contribution in [0.4, 0.5) is 5.69 Å². The van der Waals surface area contributed by atoms with Crippen LogP contribution in [0.25, 0.3) is 11.0 Å². The highest BCUT2D eigenvalue weighted by molar-refractivity contribution is 6.05. The van der Waals surface area contributed by atoms with E-state index in [1.165, 1.54) is 4.57 Å². The lowest BCUT2D eigenvalue weighted by molar-refractivity contribution is 0.0768. The highest BCUT2D eigenvalue weighted by Gasteiger charge is 2.26. The Labute approximate surface area is 210 Å². The third-order valence-corrected chi connectivity index (χ3v) is 6.56. The first-order valence-corrected chi connectivity index (χ1v) is 12.6. The van der Waals surface area contributed by atoms with Gasteiger partial charge in [0.15, 0.2) is 5.65 Å². The first kappa shape index (κ1) is 25.5. The third-order valence-electron chi connectivity index (χ3n) is 6.56. The van der Waals surface area contributed by atoms with Gasteiger partial charge in [0.25, 0.3) is 11.5 Å². The molecule has 4 rings (SSSR count). The van der Waals surface area contributed by atoms with Crippen LogP contribution in [0, 0.1) is 5.92 Å². The summed E-state index contributed by atoms with van der Waals surface area (Å²) in [5, 5.41) is 0.181. The predicted molar refractivity (Wildman–Crippen MR) is 141 cm³/mol. The van der Waals surface area contributed by atoms with Gasteiger partial charge < -0.3 is 14.5 Å². The Bertz CT molecular complexity index is 1360. The summed E-state index contributed by atoms with van der Waals surface area (Å²) in [5.41, 5.74) is 1.27. The zero-order chi connectivity index (χ0) is 26.0. The van der Waals surface area contributed by atoms with Gasteiger partial charge in [0, 0.05) is 44.1 Å². The molecule has 9 nitrogen and oxygen atoms in total. The number of hydrogen-bond acceptors (Lipinski definition) is 6. The molecule has 1 aromatic carbocycles. The van der Waals surface area contributed by atoms with E-state index in [9.17, 15) is 14.4 Å². The lowest BCUT2D eigenvalue weighted by Gasteiger charge is -2.24. The second-order valence-electron chi connectivity index (χ2n) is 10.0. The van der Waals surface area contributed by atoms with Gasteiger partial charge in [-0.05, 0) is 48.6 Å². The van der Waals surface area contributed by atoms with Crippen LogP contribution in [0.1, 0.15) is 56.1 Å². The van der Waals surface area contributed by atoms with Crippen LogP contribution in [0.3, 0.4) is 0 Å². The Morgan fingerprint density at radius 2 is 1.78 bits per heavy atom. The smallest absolute Gasteiger partial charge is 0.330 e. The molecule has 0 aliphatic carbocycles. The van der Waals surface area contributed by atoms with Crippen molar-refractivity contribution >= 4 is 22.6 Å². The largest absolute Gasteiger partial charge is 0.497 e. The average Bonchev–Trinajstić information content (AvgIpc) is 3.11. The van der Waals surface area contributed by atoms with E-state index in [-0.39, 0.29) is 28.8 Å². The molecule has 1 aliphatic heterocycles. The summed E-state index contributed by atoms with van der Waals surface area (Å²) in [4.78, 5) is 50.7. The molecular weight excluding hydrogens is 458 g/mol. The van der Waals surface area contributed by atoms with Crippen molar-refractivity contribution in [2.45, 2.75) is 46.6 Å². The highest BCUT2D eigenvalue weighted by Crippen LogP contribution is 2.24. The monoisotopic (exact) mass is 493 g/mol. The minimum absolute atomic E-state index is 0.0255. The van der Waals surface area contributed by atoms with Gasteiger partial charge in [0.1, 0.15) is 5.75 Å². The number of hydrogen-bond donors (Lipinski definition) is 1. The number of pyridine rings is 1. The molecule has 1 amide bonds. The Balaban J connectivity index is 1.71. The lowest BCUT2D eigenvalue weighted by atomic mass is 10.0. The standard InChI is InChI=1S/C27H35N5O4/c1-17(2)16-32-24-23(25(33)29-27(32)35)21(15-22(28-24)18(3)4)26(34)31-12-6-11-30(13-14-31)19-7-9-20(36-5)10-8-19/h7-10,15,17-18H,6,11-14,16H2,1-5H3,(H,29,33,35). The number of rotatable bonds is 6. The molecule has 1 saturated heterocycles. The van der Waals surface area contributed by atoms with Crippen LogP contribution in [-0.4, -0.2) is 58.6 Å². The summed E-state index contributed by atoms with van der Waals surface area (Å²) in [6.07, 6.45) is 0.798. The van der Waals surface area contributed by atoms with E-state index < -0.39 is 11.2 Å². The number of carbonyl (C=O) groups is 1. The first-order valence-electron chi connectivity index (χ1n) is 12.6. The van der Waals surface area contributed by atoms with Gasteiger partial charge in [0.2, 0.25) is 0 Å². The van der Waals surface area contributed by atoms with E-state index >= 15 is 0 Å². The van der Waals surface area contributed by atoms with Crippen molar-refractivity contribution < 1.29 is 9.53 Å². The van der Waals surface area contributed by atoms with Crippen molar-refractivity contribution in [1.29, 1.82) is 0 Å². The molecule has 0 bridgehead atoms. The van der Waals surface area contributed by atoms with Crippen LogP contribution in [-0.2, 0) is 6.54 Å². The Kier molecular flexibility index (Phi) is 7.47. The molecule has 3 aromatic rings. The molecule has 192 valence electrons. The number of methoxy groups -OCH3 is 1. The molecule has 0 radical (unpaired) electrons. The molecule has 9 heteroatoms. The average molecular weight is 494 g/mol. The number of aromatic nitrogens is 3. The van der Waals surface area contributed by atoms with E-state index in [0.29, 0.717) is 37.4 Å². The van der Waals surface area contributed by atoms with Gasteiger partial charge in [-0.2, -0.15) is 0 Å². The Morgan fingerprint density at radius 3 is 2.42 bits per heavy atom.